The number of benzene rings is 1. The van der Waals surface area contributed by atoms with Crippen molar-refractivity contribution < 1.29 is 18.0 Å². The van der Waals surface area contributed by atoms with Gasteiger partial charge in [-0.3, -0.25) is 4.79 Å². The number of halogens is 3. The average Bonchev–Trinajstić information content (AvgIpc) is 3.31. The zero-order valence-corrected chi connectivity index (χ0v) is 18.3. The number of rotatable bonds is 5. The molecule has 33 heavy (non-hydrogen) atoms. The fraction of sp³-hybridized carbons (Fsp3) is 0.409. The Bertz CT molecular complexity index is 1100. The maximum absolute atomic E-state index is 13.7. The summed E-state index contributed by atoms with van der Waals surface area (Å²) in [7, 11) is 0. The molecule has 1 unspecified atom stereocenters. The third kappa shape index (κ3) is 4.81. The van der Waals surface area contributed by atoms with Crippen molar-refractivity contribution in [3.63, 3.8) is 0 Å². The number of hydrogen-bond donors (Lipinski definition) is 1. The van der Waals surface area contributed by atoms with Gasteiger partial charge in [0.15, 0.2) is 0 Å². The van der Waals surface area contributed by atoms with E-state index in [1.54, 1.807) is 18.5 Å². The highest BCUT2D eigenvalue weighted by atomic mass is 19.4. The van der Waals surface area contributed by atoms with Gasteiger partial charge in [0, 0.05) is 25.5 Å². The summed E-state index contributed by atoms with van der Waals surface area (Å²) in [6, 6.07) is 5.30. The van der Waals surface area contributed by atoms with Crippen LogP contribution in [-0.4, -0.2) is 54.9 Å². The van der Waals surface area contributed by atoms with E-state index in [1.165, 1.54) is 4.80 Å². The van der Waals surface area contributed by atoms with Crippen LogP contribution >= 0.6 is 0 Å². The van der Waals surface area contributed by atoms with Gasteiger partial charge in [-0.2, -0.15) is 28.2 Å². The summed E-state index contributed by atoms with van der Waals surface area (Å²) in [6.07, 6.45) is 1.92. The molecule has 1 aliphatic rings. The molecule has 1 fully saturated rings. The number of hydrogen-bond acceptors (Lipinski definition) is 6. The fourth-order valence-electron chi connectivity index (χ4n) is 4.16. The van der Waals surface area contributed by atoms with Crippen LogP contribution in [-0.2, 0) is 6.18 Å². The molecule has 11 heteroatoms. The van der Waals surface area contributed by atoms with Gasteiger partial charge in [0.1, 0.15) is 5.69 Å². The molecule has 0 aliphatic carbocycles. The van der Waals surface area contributed by atoms with Crippen LogP contribution in [0.1, 0.15) is 41.3 Å². The number of carbonyl (C=O) groups excluding carboxylic acids is 1. The molecular formula is C22H24F3N7O. The van der Waals surface area contributed by atoms with Crippen LogP contribution < -0.4 is 5.32 Å². The van der Waals surface area contributed by atoms with Gasteiger partial charge in [-0.1, -0.05) is 19.1 Å². The van der Waals surface area contributed by atoms with Crippen LogP contribution in [0.4, 0.5) is 19.1 Å². The lowest BCUT2D eigenvalue weighted by atomic mass is 9.89. The molecule has 8 nitrogen and oxygen atoms in total. The average molecular weight is 459 g/mol. The van der Waals surface area contributed by atoms with Crippen molar-refractivity contribution in [2.24, 2.45) is 5.92 Å². The number of nitrogens with one attached hydrogen (secondary N) is 1. The minimum atomic E-state index is -4.49. The Hall–Kier alpha value is -3.50. The smallest absolute Gasteiger partial charge is 0.352 e. The Labute approximate surface area is 188 Å². The summed E-state index contributed by atoms with van der Waals surface area (Å²) >= 11 is 0. The number of likely N-dealkylation sites (tertiary alicyclic amines) is 1. The summed E-state index contributed by atoms with van der Waals surface area (Å²) in [5, 5.41) is 11.4. The maximum Gasteiger partial charge on any atom is 0.419 e. The lowest BCUT2D eigenvalue weighted by Gasteiger charge is -2.40. The van der Waals surface area contributed by atoms with Crippen molar-refractivity contribution in [3.05, 3.63) is 59.7 Å². The van der Waals surface area contributed by atoms with Gasteiger partial charge >= 0.3 is 6.18 Å². The molecule has 4 rings (SSSR count). The topological polar surface area (TPSA) is 88.8 Å². The zero-order chi connectivity index (χ0) is 23.6. The lowest BCUT2D eigenvalue weighted by Crippen LogP contribution is -2.51. The van der Waals surface area contributed by atoms with Gasteiger partial charge in [0.2, 0.25) is 5.95 Å². The van der Waals surface area contributed by atoms with E-state index >= 15 is 0 Å². The molecule has 1 aliphatic heterocycles. The van der Waals surface area contributed by atoms with Gasteiger partial charge in [-0.05, 0) is 37.3 Å². The molecule has 1 N–H and O–H groups in total. The number of aromatic nitrogens is 5. The summed E-state index contributed by atoms with van der Waals surface area (Å²) in [6.45, 7) is 4.85. The predicted octanol–water partition coefficient (Wildman–Crippen LogP) is 3.74. The van der Waals surface area contributed by atoms with Crippen LogP contribution in [0.3, 0.4) is 0 Å². The molecule has 0 saturated carbocycles. The van der Waals surface area contributed by atoms with Crippen LogP contribution in [0, 0.1) is 12.8 Å². The van der Waals surface area contributed by atoms with Crippen molar-refractivity contribution in [1.82, 2.24) is 29.9 Å². The number of aryl methyl sites for hydroxylation is 1. The largest absolute Gasteiger partial charge is 0.419 e. The monoisotopic (exact) mass is 459 g/mol. The SMILES string of the molecule is Cc1cccc(C(=O)N2CCC[C@@H](C)C2CNc2ncc(C(F)(F)F)cn2)c1-n1nccn1. The number of alkyl halides is 3. The maximum atomic E-state index is 13.7. The van der Waals surface area contributed by atoms with Crippen LogP contribution in [0.15, 0.2) is 43.0 Å². The van der Waals surface area contributed by atoms with Crippen molar-refractivity contribution in [1.29, 1.82) is 0 Å². The standard InChI is InChI=1S/C22H24F3N7O/c1-14-6-4-10-31(18(14)13-28-21-26-11-16(12-27-21)22(23,24)25)20(33)17-7-3-5-15(2)19(17)32-29-8-9-30-32/h3,5,7-9,11-12,14,18H,4,6,10,13H2,1-2H3,(H,26,27,28)/t14-,18?/m1/s1. The predicted molar refractivity (Wildman–Crippen MR) is 115 cm³/mol. The number of amides is 1. The van der Waals surface area contributed by atoms with Gasteiger partial charge in [-0.15, -0.1) is 0 Å². The first-order valence-electron chi connectivity index (χ1n) is 10.7. The van der Waals surface area contributed by atoms with Gasteiger partial charge in [-0.25, -0.2) is 9.97 Å². The Morgan fingerprint density at radius 2 is 1.88 bits per heavy atom. The minimum absolute atomic E-state index is 0.0881. The van der Waals surface area contributed by atoms with Crippen molar-refractivity contribution in [2.45, 2.75) is 38.9 Å². The van der Waals surface area contributed by atoms with Gasteiger partial charge in [0.05, 0.1) is 29.6 Å². The minimum Gasteiger partial charge on any atom is -0.352 e. The van der Waals surface area contributed by atoms with E-state index in [-0.39, 0.29) is 23.8 Å². The molecule has 0 bridgehead atoms. The van der Waals surface area contributed by atoms with E-state index in [9.17, 15) is 18.0 Å². The normalized spacial score (nSPS) is 18.9. The Morgan fingerprint density at radius 1 is 1.18 bits per heavy atom. The highest BCUT2D eigenvalue weighted by Gasteiger charge is 2.34. The molecular weight excluding hydrogens is 435 g/mol. The van der Waals surface area contributed by atoms with Gasteiger partial charge in [0.25, 0.3) is 5.91 Å². The fourth-order valence-corrected chi connectivity index (χ4v) is 4.16. The summed E-state index contributed by atoms with van der Waals surface area (Å²) in [5.74, 6) is 0.128. The quantitative estimate of drug-likeness (QED) is 0.625. The molecule has 2 atom stereocenters. The molecule has 3 heterocycles. The van der Waals surface area contributed by atoms with E-state index in [4.69, 9.17) is 0 Å². The molecule has 1 aromatic carbocycles. The van der Waals surface area contributed by atoms with E-state index in [0.29, 0.717) is 24.3 Å². The second-order valence-electron chi connectivity index (χ2n) is 8.15. The molecule has 2 aromatic heterocycles. The van der Waals surface area contributed by atoms with E-state index in [0.717, 1.165) is 30.8 Å². The number of anilines is 1. The third-order valence-corrected chi connectivity index (χ3v) is 5.91. The number of piperidine rings is 1. The van der Waals surface area contributed by atoms with Crippen LogP contribution in [0.2, 0.25) is 0 Å². The first-order chi connectivity index (χ1) is 15.8. The summed E-state index contributed by atoms with van der Waals surface area (Å²) < 4.78 is 38.3. The third-order valence-electron chi connectivity index (χ3n) is 5.91. The molecule has 1 saturated heterocycles. The lowest BCUT2D eigenvalue weighted by molar-refractivity contribution is -0.138. The van der Waals surface area contributed by atoms with Crippen LogP contribution in [0.5, 0.6) is 0 Å². The highest BCUT2D eigenvalue weighted by Crippen LogP contribution is 2.29. The Balaban J connectivity index is 1.56. The Kier molecular flexibility index (Phi) is 6.30. The molecule has 1 amide bonds. The van der Waals surface area contributed by atoms with Crippen molar-refractivity contribution in [2.75, 3.05) is 18.4 Å². The van der Waals surface area contributed by atoms with E-state index in [2.05, 4.69) is 32.4 Å². The van der Waals surface area contributed by atoms with Gasteiger partial charge < -0.3 is 10.2 Å². The number of para-hydroxylation sites is 1. The molecule has 174 valence electrons. The zero-order valence-electron chi connectivity index (χ0n) is 18.3. The first-order valence-corrected chi connectivity index (χ1v) is 10.7. The molecule has 0 spiro atoms. The number of nitrogens with zero attached hydrogens (tertiary/aromatic N) is 6. The Morgan fingerprint density at radius 3 is 2.55 bits per heavy atom. The first kappa shape index (κ1) is 22.7. The summed E-state index contributed by atoms with van der Waals surface area (Å²) in [4.78, 5) is 24.5. The number of carbonyl (C=O) groups is 1. The molecule has 0 radical (unpaired) electrons. The second-order valence-corrected chi connectivity index (χ2v) is 8.15. The molecule has 3 aromatic rings. The van der Waals surface area contributed by atoms with E-state index < -0.39 is 11.7 Å². The summed E-state index contributed by atoms with van der Waals surface area (Å²) in [5.41, 5.74) is 1.09. The van der Waals surface area contributed by atoms with Crippen molar-refractivity contribution >= 4 is 11.9 Å². The van der Waals surface area contributed by atoms with Crippen molar-refractivity contribution in [3.8, 4) is 5.69 Å². The van der Waals surface area contributed by atoms with Crippen LogP contribution in [0.25, 0.3) is 5.69 Å². The van der Waals surface area contributed by atoms with E-state index in [1.807, 2.05) is 24.0 Å². The highest BCUT2D eigenvalue weighted by molar-refractivity contribution is 5.98. The second kappa shape index (κ2) is 9.16.